The molecule has 0 aromatic heterocycles. The Labute approximate surface area is 183 Å². The van der Waals surface area contributed by atoms with Gasteiger partial charge in [-0.2, -0.15) is 0 Å². The van der Waals surface area contributed by atoms with Crippen molar-refractivity contribution in [2.45, 2.75) is 57.2 Å². The molecule has 1 aliphatic rings. The Morgan fingerprint density at radius 3 is 2.85 bits per heavy atom. The number of nitrogens with one attached hydrogen (secondary N) is 2. The Hall–Kier alpha value is -0.830. The van der Waals surface area contributed by atoms with Crippen LogP contribution in [-0.2, 0) is 17.2 Å². The van der Waals surface area contributed by atoms with Crippen molar-refractivity contribution >= 4 is 40.7 Å². The van der Waals surface area contributed by atoms with Crippen LogP contribution in [0.3, 0.4) is 0 Å². The molecule has 0 aliphatic heterocycles. The zero-order chi connectivity index (χ0) is 18.8. The van der Waals surface area contributed by atoms with Gasteiger partial charge in [0.2, 0.25) is 0 Å². The van der Waals surface area contributed by atoms with Gasteiger partial charge in [-0.05, 0) is 50.3 Å². The number of guanidine groups is 1. The van der Waals surface area contributed by atoms with E-state index in [1.165, 1.54) is 5.56 Å². The molecule has 0 bridgehead atoms. The van der Waals surface area contributed by atoms with Gasteiger partial charge in [0, 0.05) is 40.9 Å². The summed E-state index contributed by atoms with van der Waals surface area (Å²) in [6.07, 6.45) is 5.19. The van der Waals surface area contributed by atoms with Crippen molar-refractivity contribution in [3.05, 3.63) is 29.8 Å². The fourth-order valence-electron chi connectivity index (χ4n) is 3.39. The van der Waals surface area contributed by atoms with Crippen molar-refractivity contribution in [1.82, 2.24) is 10.6 Å². The topological polar surface area (TPSA) is 62.7 Å². The molecule has 0 heterocycles. The predicted octanol–water partition coefficient (Wildman–Crippen LogP) is 3.49. The molecule has 1 aliphatic carbocycles. The van der Waals surface area contributed by atoms with Crippen LogP contribution in [0.1, 0.15) is 45.1 Å². The van der Waals surface area contributed by atoms with E-state index in [2.05, 4.69) is 29.7 Å². The van der Waals surface area contributed by atoms with Gasteiger partial charge < -0.3 is 15.4 Å². The van der Waals surface area contributed by atoms with E-state index >= 15 is 0 Å². The van der Waals surface area contributed by atoms with Crippen LogP contribution in [0.15, 0.2) is 29.3 Å². The van der Waals surface area contributed by atoms with Crippen LogP contribution in [0.25, 0.3) is 0 Å². The molecular weight excluding hydrogens is 473 g/mol. The maximum atomic E-state index is 12.1. The Morgan fingerprint density at radius 1 is 1.33 bits per heavy atom. The number of benzene rings is 1. The fraction of sp³-hybridized carbons (Fsp3) is 0.650. The number of hydrogen-bond donors (Lipinski definition) is 2. The van der Waals surface area contributed by atoms with Gasteiger partial charge in [0.15, 0.2) is 5.96 Å². The minimum atomic E-state index is -0.698. The van der Waals surface area contributed by atoms with Crippen LogP contribution in [0.2, 0.25) is 0 Å². The molecule has 27 heavy (non-hydrogen) atoms. The third-order valence-corrected chi connectivity index (χ3v) is 6.51. The quantitative estimate of drug-likeness (QED) is 0.321. The first-order valence-corrected chi connectivity index (χ1v) is 11.1. The largest absolute Gasteiger partial charge is 0.497 e. The summed E-state index contributed by atoms with van der Waals surface area (Å²) >= 11 is 0. The van der Waals surface area contributed by atoms with Crippen molar-refractivity contribution < 1.29 is 8.95 Å². The molecule has 1 aromatic carbocycles. The lowest BCUT2D eigenvalue weighted by molar-refractivity contribution is 0.413. The summed E-state index contributed by atoms with van der Waals surface area (Å²) in [5, 5.41) is 7.21. The van der Waals surface area contributed by atoms with Gasteiger partial charge in [-0.1, -0.05) is 25.5 Å². The summed E-state index contributed by atoms with van der Waals surface area (Å²) in [5.41, 5.74) is 1.22. The van der Waals surface area contributed by atoms with Crippen LogP contribution in [0.4, 0.5) is 0 Å². The predicted molar refractivity (Wildman–Crippen MR) is 126 cm³/mol. The molecule has 0 amide bonds. The van der Waals surface area contributed by atoms with Crippen LogP contribution >= 0.6 is 24.0 Å². The Balaban J connectivity index is 0.00000364. The molecule has 0 radical (unpaired) electrons. The normalized spacial score (nSPS) is 21.1. The SMILES string of the molecule is CCNC(=NCCc1cccc(OC)c1)NC1CCCC(S(=O)CC)C1.I. The molecule has 2 N–H and O–H groups in total. The lowest BCUT2D eigenvalue weighted by Crippen LogP contribution is -2.46. The summed E-state index contributed by atoms with van der Waals surface area (Å²) in [7, 11) is 0.990. The lowest BCUT2D eigenvalue weighted by atomic mass is 9.95. The minimum absolute atomic E-state index is 0. The summed E-state index contributed by atoms with van der Waals surface area (Å²) in [4.78, 5) is 4.73. The van der Waals surface area contributed by atoms with Gasteiger partial charge in [-0.25, -0.2) is 0 Å². The third kappa shape index (κ3) is 8.37. The molecular formula is C20H34IN3O2S. The second-order valence-electron chi connectivity index (χ2n) is 6.66. The molecule has 5 nitrogen and oxygen atoms in total. The first-order valence-electron chi connectivity index (χ1n) is 9.71. The molecule has 3 unspecified atom stereocenters. The van der Waals surface area contributed by atoms with Crippen molar-refractivity contribution in [2.75, 3.05) is 26.0 Å². The summed E-state index contributed by atoms with van der Waals surface area (Å²) < 4.78 is 17.4. The van der Waals surface area contributed by atoms with Crippen molar-refractivity contribution in [1.29, 1.82) is 0 Å². The fourth-order valence-corrected chi connectivity index (χ4v) is 4.74. The van der Waals surface area contributed by atoms with Gasteiger partial charge in [0.25, 0.3) is 0 Å². The lowest BCUT2D eigenvalue weighted by Gasteiger charge is -2.30. The highest BCUT2D eigenvalue weighted by Crippen LogP contribution is 2.23. The summed E-state index contributed by atoms with van der Waals surface area (Å²) in [6.45, 7) is 5.65. The van der Waals surface area contributed by atoms with E-state index in [4.69, 9.17) is 9.73 Å². The van der Waals surface area contributed by atoms with E-state index < -0.39 is 10.8 Å². The van der Waals surface area contributed by atoms with Gasteiger partial charge in [0.1, 0.15) is 5.75 Å². The Bertz CT molecular complexity index is 613. The molecule has 7 heteroatoms. The average Bonchev–Trinajstić information content (AvgIpc) is 2.68. The molecule has 2 rings (SSSR count). The second-order valence-corrected chi connectivity index (χ2v) is 8.67. The van der Waals surface area contributed by atoms with E-state index in [1.807, 2.05) is 19.1 Å². The van der Waals surface area contributed by atoms with E-state index in [9.17, 15) is 4.21 Å². The van der Waals surface area contributed by atoms with Crippen molar-refractivity contribution in [2.24, 2.45) is 4.99 Å². The van der Waals surface area contributed by atoms with E-state index in [0.29, 0.717) is 11.3 Å². The number of nitrogens with zero attached hydrogens (tertiary/aromatic N) is 1. The third-order valence-electron chi connectivity index (χ3n) is 4.77. The minimum Gasteiger partial charge on any atom is -0.497 e. The summed E-state index contributed by atoms with van der Waals surface area (Å²) in [5.74, 6) is 2.50. The first kappa shape index (κ1) is 24.2. The van der Waals surface area contributed by atoms with E-state index in [0.717, 1.165) is 62.7 Å². The molecule has 3 atom stereocenters. The molecule has 0 spiro atoms. The van der Waals surface area contributed by atoms with Crippen LogP contribution < -0.4 is 15.4 Å². The van der Waals surface area contributed by atoms with Crippen LogP contribution in [0, 0.1) is 0 Å². The number of methoxy groups -OCH3 is 1. The van der Waals surface area contributed by atoms with E-state index in [-0.39, 0.29) is 24.0 Å². The Morgan fingerprint density at radius 2 is 2.15 bits per heavy atom. The molecule has 0 saturated heterocycles. The number of rotatable bonds is 8. The number of aliphatic imine (C=N–C) groups is 1. The molecule has 1 fully saturated rings. The molecule has 154 valence electrons. The van der Waals surface area contributed by atoms with Crippen molar-refractivity contribution in [3.63, 3.8) is 0 Å². The molecule has 1 aromatic rings. The summed E-state index contributed by atoms with van der Waals surface area (Å²) in [6, 6.07) is 8.49. The number of ether oxygens (including phenoxy) is 1. The smallest absolute Gasteiger partial charge is 0.191 e. The molecule has 1 saturated carbocycles. The van der Waals surface area contributed by atoms with Crippen molar-refractivity contribution in [3.8, 4) is 5.75 Å². The average molecular weight is 507 g/mol. The number of halogens is 1. The standard InChI is InChI=1S/C20H33N3O2S.HI/c1-4-21-20(22-13-12-16-8-6-10-18(14-16)25-3)23-17-9-7-11-19(15-17)26(24)5-2;/h6,8,10,14,17,19H,4-5,7,9,11-13,15H2,1-3H3,(H2,21,22,23);1H. The van der Waals surface area contributed by atoms with Gasteiger partial charge >= 0.3 is 0 Å². The van der Waals surface area contributed by atoms with Crippen LogP contribution in [-0.4, -0.2) is 47.4 Å². The van der Waals surface area contributed by atoms with Gasteiger partial charge in [-0.15, -0.1) is 24.0 Å². The second kappa shape index (κ2) is 13.4. The zero-order valence-electron chi connectivity index (χ0n) is 16.7. The monoisotopic (exact) mass is 507 g/mol. The van der Waals surface area contributed by atoms with Gasteiger partial charge in [-0.3, -0.25) is 9.20 Å². The van der Waals surface area contributed by atoms with Gasteiger partial charge in [0.05, 0.1) is 7.11 Å². The first-order chi connectivity index (χ1) is 12.7. The van der Waals surface area contributed by atoms with Crippen LogP contribution in [0.5, 0.6) is 5.75 Å². The highest BCUT2D eigenvalue weighted by Gasteiger charge is 2.25. The highest BCUT2D eigenvalue weighted by molar-refractivity contribution is 14.0. The highest BCUT2D eigenvalue weighted by atomic mass is 127. The maximum Gasteiger partial charge on any atom is 0.191 e. The zero-order valence-corrected chi connectivity index (χ0v) is 19.8. The Kier molecular flexibility index (Phi) is 12.0. The van der Waals surface area contributed by atoms with E-state index in [1.54, 1.807) is 7.11 Å². The maximum absolute atomic E-state index is 12.1. The number of hydrogen-bond acceptors (Lipinski definition) is 3.